The number of hydrogen-bond donors (Lipinski definition) is 1. The number of fused-ring (bicyclic) bond motifs is 3. The van der Waals surface area contributed by atoms with Crippen LogP contribution in [0.1, 0.15) is 0 Å². The van der Waals surface area contributed by atoms with E-state index in [0.717, 1.165) is 4.68 Å². The first kappa shape index (κ1) is 19.4. The lowest BCUT2D eigenvalue weighted by molar-refractivity contribution is -0.119. The number of ether oxygens (including phenoxy) is 1. The second-order valence-electron chi connectivity index (χ2n) is 6.86. The van der Waals surface area contributed by atoms with Crippen molar-refractivity contribution in [3.8, 4) is 16.9 Å². The van der Waals surface area contributed by atoms with Gasteiger partial charge in [-0.05, 0) is 35.9 Å². The third kappa shape index (κ3) is 3.54. The molecule has 0 radical (unpaired) electrons. The molecule has 32 heavy (non-hydrogen) atoms. The fraction of sp³-hybridized carbons (Fsp3) is 0.0455. The minimum Gasteiger partial charge on any atom is -0.484 e. The van der Waals surface area contributed by atoms with Gasteiger partial charge in [0.2, 0.25) is 0 Å². The van der Waals surface area contributed by atoms with Crippen LogP contribution >= 0.6 is 0 Å². The standard InChI is InChI=1S/C22H15FN6O3/c23-15-8-6-14(7-9-15)17-12-24-29-18-10-11-28(22(31)20(18)25-26-21(17)29)27-19(30)13-32-16-4-2-1-3-5-16/h1-12H,13H2,(H,27,30). The number of aromatic nitrogens is 5. The lowest BCUT2D eigenvalue weighted by Gasteiger charge is -2.10. The molecule has 3 heterocycles. The molecule has 0 unspecified atom stereocenters. The number of rotatable bonds is 5. The minimum atomic E-state index is -0.566. The molecule has 0 spiro atoms. The summed E-state index contributed by atoms with van der Waals surface area (Å²) < 4.78 is 21.1. The van der Waals surface area contributed by atoms with E-state index in [9.17, 15) is 14.0 Å². The first-order valence-electron chi connectivity index (χ1n) is 9.59. The van der Waals surface area contributed by atoms with E-state index in [1.807, 2.05) is 6.07 Å². The number of hydrogen-bond acceptors (Lipinski definition) is 6. The van der Waals surface area contributed by atoms with Crippen molar-refractivity contribution in [3.05, 3.63) is 89.2 Å². The zero-order valence-corrected chi connectivity index (χ0v) is 16.5. The molecule has 0 aliphatic rings. The molecule has 0 bridgehead atoms. The van der Waals surface area contributed by atoms with Gasteiger partial charge in [0.15, 0.2) is 17.8 Å². The van der Waals surface area contributed by atoms with Gasteiger partial charge in [0.05, 0.1) is 6.20 Å². The summed E-state index contributed by atoms with van der Waals surface area (Å²) in [5.41, 5.74) is 4.12. The lowest BCUT2D eigenvalue weighted by Crippen LogP contribution is -2.35. The molecule has 0 saturated heterocycles. The number of amides is 1. The Morgan fingerprint density at radius 2 is 1.81 bits per heavy atom. The molecule has 0 fully saturated rings. The van der Waals surface area contributed by atoms with Crippen LogP contribution in [0.5, 0.6) is 5.75 Å². The summed E-state index contributed by atoms with van der Waals surface area (Å²) in [6.07, 6.45) is 2.98. The summed E-state index contributed by atoms with van der Waals surface area (Å²) in [6, 6.07) is 16.4. The number of nitrogens with zero attached hydrogens (tertiary/aromatic N) is 5. The summed E-state index contributed by atoms with van der Waals surface area (Å²) in [5.74, 6) is -0.321. The molecule has 0 aliphatic heterocycles. The van der Waals surface area contributed by atoms with Crippen molar-refractivity contribution in [2.75, 3.05) is 12.0 Å². The predicted octanol–water partition coefficient (Wildman–Crippen LogP) is 2.39. The predicted molar refractivity (Wildman–Crippen MR) is 114 cm³/mol. The summed E-state index contributed by atoms with van der Waals surface area (Å²) >= 11 is 0. The molecule has 2 aromatic carbocycles. The zero-order valence-electron chi connectivity index (χ0n) is 16.5. The van der Waals surface area contributed by atoms with Crippen molar-refractivity contribution in [2.45, 2.75) is 0 Å². The second kappa shape index (κ2) is 7.91. The molecule has 0 aliphatic carbocycles. The van der Waals surface area contributed by atoms with Gasteiger partial charge in [0, 0.05) is 11.8 Å². The van der Waals surface area contributed by atoms with Crippen molar-refractivity contribution in [3.63, 3.8) is 0 Å². The average molecular weight is 430 g/mol. The highest BCUT2D eigenvalue weighted by atomic mass is 19.1. The number of nitrogens with one attached hydrogen (secondary N) is 1. The number of benzene rings is 2. The quantitative estimate of drug-likeness (QED) is 0.459. The van der Waals surface area contributed by atoms with E-state index in [1.54, 1.807) is 48.7 Å². The summed E-state index contributed by atoms with van der Waals surface area (Å²) in [7, 11) is 0. The second-order valence-corrected chi connectivity index (χ2v) is 6.86. The molecular formula is C22H15FN6O3. The fourth-order valence-corrected chi connectivity index (χ4v) is 3.25. The van der Waals surface area contributed by atoms with Gasteiger partial charge in [-0.2, -0.15) is 5.10 Å². The van der Waals surface area contributed by atoms with Crippen LogP contribution in [-0.2, 0) is 4.79 Å². The van der Waals surface area contributed by atoms with Crippen molar-refractivity contribution in [1.29, 1.82) is 0 Å². The Kier molecular flexibility index (Phi) is 4.79. The molecule has 5 aromatic rings. The Bertz CT molecular complexity index is 1500. The van der Waals surface area contributed by atoms with Crippen molar-refractivity contribution < 1.29 is 13.9 Å². The molecule has 158 valence electrons. The first-order chi connectivity index (χ1) is 15.6. The number of carbonyl (C=O) groups is 1. The van der Waals surface area contributed by atoms with E-state index >= 15 is 0 Å². The van der Waals surface area contributed by atoms with Gasteiger partial charge in [-0.15, -0.1) is 10.2 Å². The summed E-state index contributed by atoms with van der Waals surface area (Å²) in [4.78, 5) is 25.0. The van der Waals surface area contributed by atoms with Crippen LogP contribution in [-0.4, -0.2) is 37.0 Å². The van der Waals surface area contributed by atoms with E-state index < -0.39 is 11.5 Å². The molecule has 0 atom stereocenters. The van der Waals surface area contributed by atoms with Crippen LogP contribution in [0.3, 0.4) is 0 Å². The highest BCUT2D eigenvalue weighted by Gasteiger charge is 2.15. The van der Waals surface area contributed by atoms with Crippen LogP contribution in [0.25, 0.3) is 27.8 Å². The Balaban J connectivity index is 1.43. The largest absolute Gasteiger partial charge is 0.484 e. The monoisotopic (exact) mass is 430 g/mol. The van der Waals surface area contributed by atoms with Crippen LogP contribution in [0.15, 0.2) is 77.9 Å². The van der Waals surface area contributed by atoms with Crippen molar-refractivity contribution >= 4 is 22.6 Å². The average Bonchev–Trinajstić information content (AvgIpc) is 3.25. The first-order valence-corrected chi connectivity index (χ1v) is 9.59. The third-order valence-electron chi connectivity index (χ3n) is 4.78. The van der Waals surface area contributed by atoms with Gasteiger partial charge >= 0.3 is 0 Å². The maximum atomic E-state index is 13.2. The molecule has 3 aromatic heterocycles. The molecule has 9 nitrogen and oxygen atoms in total. The minimum absolute atomic E-state index is 0.0260. The van der Waals surface area contributed by atoms with Gasteiger partial charge in [0.1, 0.15) is 17.1 Å². The Morgan fingerprint density at radius 1 is 1.03 bits per heavy atom. The molecule has 10 heteroatoms. The zero-order chi connectivity index (χ0) is 22.1. The number of pyridine rings is 1. The van der Waals surface area contributed by atoms with Crippen LogP contribution in [0, 0.1) is 5.82 Å². The smallest absolute Gasteiger partial charge is 0.299 e. The number of halogens is 1. The van der Waals surface area contributed by atoms with Crippen molar-refractivity contribution in [1.82, 2.24) is 24.5 Å². The van der Waals surface area contributed by atoms with Crippen LogP contribution in [0.2, 0.25) is 0 Å². The SMILES string of the molecule is O=C(COc1ccccc1)Nn1ccc2c(nnc3c(-c4ccc(F)cc4)cnn32)c1=O. The lowest BCUT2D eigenvalue weighted by atomic mass is 10.1. The van der Waals surface area contributed by atoms with E-state index in [-0.39, 0.29) is 17.9 Å². The molecule has 0 saturated carbocycles. The van der Waals surface area contributed by atoms with E-state index in [0.29, 0.717) is 28.0 Å². The molecular weight excluding hydrogens is 415 g/mol. The van der Waals surface area contributed by atoms with Gasteiger partial charge in [-0.1, -0.05) is 30.3 Å². The van der Waals surface area contributed by atoms with E-state index in [1.165, 1.54) is 22.8 Å². The maximum absolute atomic E-state index is 13.2. The maximum Gasteiger partial charge on any atom is 0.299 e. The Labute approximate surface area is 179 Å². The highest BCUT2D eigenvalue weighted by Crippen LogP contribution is 2.24. The van der Waals surface area contributed by atoms with Crippen LogP contribution in [0.4, 0.5) is 4.39 Å². The van der Waals surface area contributed by atoms with Crippen LogP contribution < -0.4 is 15.7 Å². The topological polar surface area (TPSA) is 103 Å². The molecule has 1 N–H and O–H groups in total. The summed E-state index contributed by atoms with van der Waals surface area (Å²) in [5, 5.41) is 12.5. The molecule has 1 amide bonds. The number of carbonyl (C=O) groups excluding carboxylic acids is 1. The normalized spacial score (nSPS) is 11.0. The van der Waals surface area contributed by atoms with Gasteiger partial charge < -0.3 is 4.74 Å². The Morgan fingerprint density at radius 3 is 2.59 bits per heavy atom. The van der Waals surface area contributed by atoms with E-state index in [4.69, 9.17) is 4.74 Å². The fourth-order valence-electron chi connectivity index (χ4n) is 3.25. The summed E-state index contributed by atoms with van der Waals surface area (Å²) in [6.45, 7) is -0.264. The number of para-hydroxylation sites is 1. The van der Waals surface area contributed by atoms with Gasteiger partial charge in [-0.3, -0.25) is 15.0 Å². The highest BCUT2D eigenvalue weighted by molar-refractivity contribution is 5.86. The van der Waals surface area contributed by atoms with Crippen molar-refractivity contribution in [2.24, 2.45) is 0 Å². The van der Waals surface area contributed by atoms with Gasteiger partial charge in [-0.25, -0.2) is 13.6 Å². The van der Waals surface area contributed by atoms with E-state index in [2.05, 4.69) is 20.7 Å². The molecule has 5 rings (SSSR count). The Hall–Kier alpha value is -4.60. The van der Waals surface area contributed by atoms with Gasteiger partial charge in [0.25, 0.3) is 11.5 Å². The third-order valence-corrected chi connectivity index (χ3v) is 4.78.